The molecular formula is C28H34N4O3. The van der Waals surface area contributed by atoms with Gasteiger partial charge >= 0.3 is 0 Å². The van der Waals surface area contributed by atoms with Gasteiger partial charge in [0, 0.05) is 67.1 Å². The lowest BCUT2D eigenvalue weighted by Crippen LogP contribution is -2.75. The molecule has 2 aromatic rings. The molecule has 2 saturated heterocycles. The van der Waals surface area contributed by atoms with Crippen LogP contribution in [-0.2, 0) is 10.2 Å². The summed E-state index contributed by atoms with van der Waals surface area (Å²) in [7, 11) is 0. The second-order valence-corrected chi connectivity index (χ2v) is 12.0. The van der Waals surface area contributed by atoms with Crippen LogP contribution in [0.2, 0.25) is 0 Å². The van der Waals surface area contributed by atoms with E-state index < -0.39 is 0 Å². The fourth-order valence-electron chi connectivity index (χ4n) is 7.71. The Labute approximate surface area is 206 Å². The summed E-state index contributed by atoms with van der Waals surface area (Å²) in [6.07, 6.45) is 7.92. The summed E-state index contributed by atoms with van der Waals surface area (Å²) in [6.45, 7) is 4.37. The van der Waals surface area contributed by atoms with Gasteiger partial charge in [-0.3, -0.25) is 9.69 Å². The van der Waals surface area contributed by atoms with Crippen molar-refractivity contribution in [3.05, 3.63) is 47.7 Å². The van der Waals surface area contributed by atoms with E-state index in [1.165, 1.54) is 18.5 Å². The second kappa shape index (κ2) is 7.51. The van der Waals surface area contributed by atoms with E-state index in [1.54, 1.807) is 6.20 Å². The van der Waals surface area contributed by atoms with Crippen LogP contribution in [0.5, 0.6) is 0 Å². The predicted octanol–water partition coefficient (Wildman–Crippen LogP) is 2.73. The van der Waals surface area contributed by atoms with Crippen molar-refractivity contribution in [1.82, 2.24) is 15.2 Å². The van der Waals surface area contributed by atoms with E-state index >= 15 is 0 Å². The molecule has 0 radical (unpaired) electrons. The zero-order chi connectivity index (χ0) is 23.8. The highest BCUT2D eigenvalue weighted by Crippen LogP contribution is 2.67. The molecule has 0 spiro atoms. The number of pyridine rings is 1. The third-order valence-corrected chi connectivity index (χ3v) is 9.69. The fraction of sp³-hybridized carbons (Fsp3) is 0.571. The molecule has 0 unspecified atom stereocenters. The summed E-state index contributed by atoms with van der Waals surface area (Å²) in [6, 6.07) is 11.4. The number of hydrogen-bond acceptors (Lipinski definition) is 6. The molecule has 7 heteroatoms. The molecule has 4 saturated carbocycles. The van der Waals surface area contributed by atoms with E-state index in [0.29, 0.717) is 17.0 Å². The zero-order valence-electron chi connectivity index (χ0n) is 20.1. The summed E-state index contributed by atoms with van der Waals surface area (Å²) in [4.78, 5) is 20.0. The number of piperidine rings is 1. The Hall–Kier alpha value is -2.48. The molecule has 1 aromatic carbocycles. The third kappa shape index (κ3) is 3.35. The van der Waals surface area contributed by atoms with Gasteiger partial charge in [-0.15, -0.1) is 0 Å². The standard InChI is InChI=1S/C28H34N4O3/c29-24-23(25(34)31-27-13-26(14-27,15-27)17-33)9-19(11-30-24)18-1-3-20(4-2-18)28-10-21(28)12-32(16-28)22-5-7-35-8-6-22/h1-4,9,11,21-22,33H,5-8,10,12-17H2,(H2,29,30)(H,31,34)/t21-,26?,27?,28+/m1/s1. The normalized spacial score (nSPS) is 35.6. The Bertz CT molecular complexity index is 1160. The summed E-state index contributed by atoms with van der Waals surface area (Å²) in [5.74, 6) is 0.857. The number of aliphatic hydroxyl groups is 1. The number of carbonyl (C=O) groups is 1. The molecule has 2 atom stereocenters. The number of amides is 1. The minimum Gasteiger partial charge on any atom is -0.396 e. The van der Waals surface area contributed by atoms with E-state index in [2.05, 4.69) is 39.5 Å². The summed E-state index contributed by atoms with van der Waals surface area (Å²) in [5.41, 5.74) is 10.1. The van der Waals surface area contributed by atoms with Crippen LogP contribution < -0.4 is 11.1 Å². The predicted molar refractivity (Wildman–Crippen MR) is 133 cm³/mol. The van der Waals surface area contributed by atoms with Crippen molar-refractivity contribution >= 4 is 11.7 Å². The first kappa shape index (κ1) is 21.8. The lowest BCUT2D eigenvalue weighted by Gasteiger charge is -2.70. The Morgan fingerprint density at radius 2 is 1.91 bits per heavy atom. The van der Waals surface area contributed by atoms with Crippen LogP contribution in [0.25, 0.3) is 11.1 Å². The molecule has 35 heavy (non-hydrogen) atoms. The molecule has 184 valence electrons. The van der Waals surface area contributed by atoms with Gasteiger partial charge in [-0.1, -0.05) is 24.3 Å². The van der Waals surface area contributed by atoms with Gasteiger partial charge in [-0.25, -0.2) is 4.98 Å². The number of nitrogen functional groups attached to an aromatic ring is 1. The van der Waals surface area contributed by atoms with Crippen molar-refractivity contribution in [1.29, 1.82) is 0 Å². The Morgan fingerprint density at radius 3 is 2.63 bits per heavy atom. The largest absolute Gasteiger partial charge is 0.396 e. The first-order valence-corrected chi connectivity index (χ1v) is 13.0. The molecule has 6 aliphatic rings. The van der Waals surface area contributed by atoms with Crippen LogP contribution in [0.4, 0.5) is 5.82 Å². The van der Waals surface area contributed by atoms with Crippen molar-refractivity contribution in [2.45, 2.75) is 55.5 Å². The number of benzene rings is 1. The van der Waals surface area contributed by atoms with Crippen LogP contribution in [0.15, 0.2) is 36.5 Å². The number of aromatic nitrogens is 1. The lowest BCUT2D eigenvalue weighted by molar-refractivity contribution is -0.172. The molecule has 1 aromatic heterocycles. The van der Waals surface area contributed by atoms with Crippen LogP contribution >= 0.6 is 0 Å². The van der Waals surface area contributed by atoms with Crippen molar-refractivity contribution in [3.8, 4) is 11.1 Å². The van der Waals surface area contributed by atoms with E-state index in [-0.39, 0.29) is 29.3 Å². The number of ether oxygens (including phenoxy) is 1. The first-order valence-electron chi connectivity index (χ1n) is 13.0. The number of hydrogen-bond donors (Lipinski definition) is 3. The molecule has 6 fully saturated rings. The van der Waals surface area contributed by atoms with Gasteiger partial charge in [0.15, 0.2) is 0 Å². The Balaban J connectivity index is 1.06. The molecule has 4 aliphatic carbocycles. The molecular weight excluding hydrogens is 440 g/mol. The Kier molecular flexibility index (Phi) is 4.67. The van der Waals surface area contributed by atoms with Crippen LogP contribution in [-0.4, -0.2) is 65.4 Å². The highest BCUT2D eigenvalue weighted by molar-refractivity contribution is 6.00. The minimum absolute atomic E-state index is 0.0436. The van der Waals surface area contributed by atoms with E-state index in [9.17, 15) is 9.90 Å². The SMILES string of the molecule is Nc1ncc(-c2ccc([C@@]34C[C@@H]3CN(C3CCOCC3)C4)cc2)cc1C(=O)NC12CC(CO)(C1)C2. The number of carbonyl (C=O) groups excluding carboxylic acids is 1. The summed E-state index contributed by atoms with van der Waals surface area (Å²) >= 11 is 0. The zero-order valence-corrected chi connectivity index (χ0v) is 20.1. The number of aliphatic hydroxyl groups excluding tert-OH is 1. The minimum atomic E-state index is -0.168. The van der Waals surface area contributed by atoms with Gasteiger partial charge in [0.1, 0.15) is 5.82 Å². The smallest absolute Gasteiger partial charge is 0.255 e. The van der Waals surface area contributed by atoms with Crippen LogP contribution in [0.1, 0.15) is 54.4 Å². The quantitative estimate of drug-likeness (QED) is 0.595. The number of nitrogens with two attached hydrogens (primary N) is 1. The third-order valence-electron chi connectivity index (χ3n) is 9.69. The first-order chi connectivity index (χ1) is 16.9. The highest BCUT2D eigenvalue weighted by Gasteiger charge is 2.68. The van der Waals surface area contributed by atoms with Gasteiger partial charge in [0.05, 0.1) is 5.56 Å². The Morgan fingerprint density at radius 1 is 1.17 bits per heavy atom. The lowest BCUT2D eigenvalue weighted by atomic mass is 9.39. The average Bonchev–Trinajstić information content (AvgIpc) is 3.41. The van der Waals surface area contributed by atoms with Crippen LogP contribution in [0.3, 0.4) is 0 Å². The van der Waals surface area contributed by atoms with Crippen molar-refractivity contribution in [2.75, 3.05) is 38.6 Å². The van der Waals surface area contributed by atoms with Gasteiger partial charge in [0.25, 0.3) is 5.91 Å². The van der Waals surface area contributed by atoms with Crippen molar-refractivity contribution in [2.24, 2.45) is 11.3 Å². The monoisotopic (exact) mass is 474 g/mol. The number of likely N-dealkylation sites (tertiary alicyclic amines) is 1. The van der Waals surface area contributed by atoms with Gasteiger partial charge in [-0.2, -0.15) is 0 Å². The maximum Gasteiger partial charge on any atom is 0.255 e. The molecule has 2 aliphatic heterocycles. The van der Waals surface area contributed by atoms with Gasteiger partial charge < -0.3 is 20.9 Å². The van der Waals surface area contributed by atoms with Gasteiger partial charge in [0.2, 0.25) is 0 Å². The number of anilines is 1. The van der Waals surface area contributed by atoms with Crippen LogP contribution in [0, 0.1) is 11.3 Å². The number of nitrogens with zero attached hydrogens (tertiary/aromatic N) is 2. The van der Waals surface area contributed by atoms with Gasteiger partial charge in [-0.05, 0) is 61.6 Å². The molecule has 7 nitrogen and oxygen atoms in total. The molecule has 8 rings (SSSR count). The fourth-order valence-corrected chi connectivity index (χ4v) is 7.71. The molecule has 1 amide bonds. The van der Waals surface area contributed by atoms with E-state index in [0.717, 1.165) is 68.9 Å². The highest BCUT2D eigenvalue weighted by atomic mass is 16.5. The van der Waals surface area contributed by atoms with Crippen molar-refractivity contribution < 1.29 is 14.6 Å². The summed E-state index contributed by atoms with van der Waals surface area (Å²) < 4.78 is 5.56. The van der Waals surface area contributed by atoms with Crippen molar-refractivity contribution in [3.63, 3.8) is 0 Å². The molecule has 4 N–H and O–H groups in total. The number of rotatable bonds is 6. The topological polar surface area (TPSA) is 101 Å². The number of fused-ring (bicyclic) bond motifs is 1. The summed E-state index contributed by atoms with van der Waals surface area (Å²) in [5, 5.41) is 12.6. The van der Waals surface area contributed by atoms with E-state index in [1.807, 2.05) is 6.07 Å². The maximum atomic E-state index is 13.0. The van der Waals surface area contributed by atoms with E-state index in [4.69, 9.17) is 10.5 Å². The molecule has 2 bridgehead atoms. The number of nitrogens with one attached hydrogen (secondary N) is 1. The average molecular weight is 475 g/mol. The molecule has 3 heterocycles. The second-order valence-electron chi connectivity index (χ2n) is 12.0. The maximum absolute atomic E-state index is 13.0.